The molecule has 16 heavy (non-hydrogen) atoms. The molecule has 2 aromatic rings. The molecule has 0 aliphatic carbocycles. The van der Waals surface area contributed by atoms with Crippen LogP contribution in [0.2, 0.25) is 0 Å². The van der Waals surface area contributed by atoms with E-state index in [4.69, 9.17) is 0 Å². The summed E-state index contributed by atoms with van der Waals surface area (Å²) in [5.41, 5.74) is 1.18. The van der Waals surface area contributed by atoms with Crippen molar-refractivity contribution in [3.8, 4) is 0 Å². The van der Waals surface area contributed by atoms with Crippen molar-refractivity contribution in [2.75, 3.05) is 0 Å². The predicted molar refractivity (Wildman–Crippen MR) is 66.6 cm³/mol. The molecule has 0 saturated carbocycles. The Balaban J connectivity index is 1.91. The molecule has 0 radical (unpaired) electrons. The quantitative estimate of drug-likeness (QED) is 0.880. The Morgan fingerprint density at radius 1 is 1.38 bits per heavy atom. The average Bonchev–Trinajstić information content (AvgIpc) is 2.74. The minimum Gasteiger partial charge on any atom is -0.388 e. The van der Waals surface area contributed by atoms with Crippen LogP contribution in [0.15, 0.2) is 36.7 Å². The predicted octanol–water partition coefficient (Wildman–Crippen LogP) is 3.12. The van der Waals surface area contributed by atoms with Gasteiger partial charge in [0.25, 0.3) is 0 Å². The topological polar surface area (TPSA) is 33.1 Å². The Kier molecular flexibility index (Phi) is 3.70. The molecular weight excluding hydrogens is 218 g/mol. The zero-order chi connectivity index (χ0) is 11.4. The molecule has 2 heterocycles. The molecule has 0 aromatic carbocycles. The fourth-order valence-corrected chi connectivity index (χ4v) is 2.52. The number of aryl methyl sites for hydroxylation is 2. The molecule has 0 fully saturated rings. The molecule has 0 saturated heterocycles. The lowest BCUT2D eigenvalue weighted by molar-refractivity contribution is 0.171. The van der Waals surface area contributed by atoms with Crippen molar-refractivity contribution in [3.63, 3.8) is 0 Å². The van der Waals surface area contributed by atoms with Crippen LogP contribution >= 0.6 is 11.3 Å². The Labute approximate surface area is 99.6 Å². The smallest absolute Gasteiger partial charge is 0.0885 e. The van der Waals surface area contributed by atoms with Gasteiger partial charge in [-0.1, -0.05) is 6.07 Å². The van der Waals surface area contributed by atoms with E-state index in [1.807, 2.05) is 30.5 Å². The highest BCUT2D eigenvalue weighted by Gasteiger charge is 2.09. The standard InChI is InChI=1S/C13H15NOS/c1-10-4-7-13(16-10)12(15)6-5-11-3-2-8-14-9-11/h2-4,7-9,12,15H,5-6H2,1H3. The summed E-state index contributed by atoms with van der Waals surface area (Å²) in [7, 11) is 0. The van der Waals surface area contributed by atoms with Crippen molar-refractivity contribution in [2.45, 2.75) is 25.9 Å². The van der Waals surface area contributed by atoms with Crippen LogP contribution in [0.1, 0.15) is 27.8 Å². The fraction of sp³-hybridized carbons (Fsp3) is 0.308. The molecule has 2 nitrogen and oxygen atoms in total. The number of thiophene rings is 1. The summed E-state index contributed by atoms with van der Waals surface area (Å²) in [5, 5.41) is 9.99. The van der Waals surface area contributed by atoms with Crippen LogP contribution < -0.4 is 0 Å². The average molecular weight is 233 g/mol. The minimum atomic E-state index is -0.348. The summed E-state index contributed by atoms with van der Waals surface area (Å²) in [5.74, 6) is 0. The minimum absolute atomic E-state index is 0.348. The molecular formula is C13H15NOS. The first-order valence-electron chi connectivity index (χ1n) is 5.39. The third-order valence-corrected chi connectivity index (χ3v) is 3.62. The maximum absolute atomic E-state index is 9.99. The van der Waals surface area contributed by atoms with Gasteiger partial charge in [-0.15, -0.1) is 11.3 Å². The van der Waals surface area contributed by atoms with Crippen LogP contribution in [0.5, 0.6) is 0 Å². The number of rotatable bonds is 4. The van der Waals surface area contributed by atoms with Gasteiger partial charge in [0.1, 0.15) is 0 Å². The van der Waals surface area contributed by atoms with Crippen LogP contribution in [-0.2, 0) is 6.42 Å². The summed E-state index contributed by atoms with van der Waals surface area (Å²) in [6.45, 7) is 2.06. The highest BCUT2D eigenvalue weighted by molar-refractivity contribution is 7.11. The van der Waals surface area contributed by atoms with Gasteiger partial charge in [-0.05, 0) is 43.5 Å². The van der Waals surface area contributed by atoms with Gasteiger partial charge in [-0.3, -0.25) is 4.98 Å². The van der Waals surface area contributed by atoms with Crippen LogP contribution in [0.3, 0.4) is 0 Å². The molecule has 3 heteroatoms. The molecule has 2 aromatic heterocycles. The summed E-state index contributed by atoms with van der Waals surface area (Å²) >= 11 is 1.67. The van der Waals surface area contributed by atoms with E-state index in [1.54, 1.807) is 17.5 Å². The summed E-state index contributed by atoms with van der Waals surface area (Å²) in [6.07, 6.45) is 4.89. The molecule has 0 aliphatic rings. The summed E-state index contributed by atoms with van der Waals surface area (Å²) in [4.78, 5) is 6.36. The molecule has 0 bridgehead atoms. The van der Waals surface area contributed by atoms with Crippen LogP contribution in [-0.4, -0.2) is 10.1 Å². The lowest BCUT2D eigenvalue weighted by atomic mass is 10.1. The monoisotopic (exact) mass is 233 g/mol. The first kappa shape index (κ1) is 11.3. The van der Waals surface area contributed by atoms with Crippen molar-refractivity contribution < 1.29 is 5.11 Å². The van der Waals surface area contributed by atoms with E-state index >= 15 is 0 Å². The van der Waals surface area contributed by atoms with Gasteiger partial charge in [0, 0.05) is 22.1 Å². The highest BCUT2D eigenvalue weighted by atomic mass is 32.1. The molecule has 0 aliphatic heterocycles. The number of hydrogen-bond acceptors (Lipinski definition) is 3. The van der Waals surface area contributed by atoms with Crippen LogP contribution in [0.4, 0.5) is 0 Å². The third kappa shape index (κ3) is 2.90. The molecule has 1 N–H and O–H groups in total. The first-order chi connectivity index (χ1) is 7.75. The molecule has 0 amide bonds. The van der Waals surface area contributed by atoms with Gasteiger partial charge >= 0.3 is 0 Å². The second-order valence-corrected chi connectivity index (χ2v) is 5.18. The number of nitrogens with zero attached hydrogens (tertiary/aromatic N) is 1. The zero-order valence-corrected chi connectivity index (χ0v) is 10.1. The number of aromatic nitrogens is 1. The largest absolute Gasteiger partial charge is 0.388 e. The Bertz CT molecular complexity index is 438. The molecule has 1 atom stereocenters. The SMILES string of the molecule is Cc1ccc(C(O)CCc2cccnc2)s1. The lowest BCUT2D eigenvalue weighted by Crippen LogP contribution is -1.97. The number of pyridine rings is 1. The summed E-state index contributed by atoms with van der Waals surface area (Å²) in [6, 6.07) is 8.03. The van der Waals surface area contributed by atoms with Crippen molar-refractivity contribution in [2.24, 2.45) is 0 Å². The van der Waals surface area contributed by atoms with E-state index in [0.717, 1.165) is 17.7 Å². The van der Waals surface area contributed by atoms with Crippen LogP contribution in [0.25, 0.3) is 0 Å². The van der Waals surface area contributed by atoms with Crippen molar-refractivity contribution in [1.29, 1.82) is 0 Å². The van der Waals surface area contributed by atoms with Crippen molar-refractivity contribution >= 4 is 11.3 Å². The molecule has 1 unspecified atom stereocenters. The molecule has 0 spiro atoms. The van der Waals surface area contributed by atoms with Crippen molar-refractivity contribution in [3.05, 3.63) is 52.0 Å². The van der Waals surface area contributed by atoms with Gasteiger partial charge in [0.05, 0.1) is 6.10 Å². The van der Waals surface area contributed by atoms with E-state index in [9.17, 15) is 5.11 Å². The second-order valence-electron chi connectivity index (χ2n) is 3.86. The van der Waals surface area contributed by atoms with E-state index < -0.39 is 0 Å². The van der Waals surface area contributed by atoms with E-state index in [1.165, 1.54) is 10.4 Å². The van der Waals surface area contributed by atoms with E-state index in [2.05, 4.69) is 11.9 Å². The number of aliphatic hydroxyl groups is 1. The Morgan fingerprint density at radius 3 is 2.88 bits per heavy atom. The van der Waals surface area contributed by atoms with Crippen molar-refractivity contribution in [1.82, 2.24) is 4.98 Å². The highest BCUT2D eigenvalue weighted by Crippen LogP contribution is 2.25. The maximum Gasteiger partial charge on any atom is 0.0885 e. The maximum atomic E-state index is 9.99. The number of hydrogen-bond donors (Lipinski definition) is 1. The van der Waals surface area contributed by atoms with Gasteiger partial charge in [-0.2, -0.15) is 0 Å². The van der Waals surface area contributed by atoms with Gasteiger partial charge in [0.2, 0.25) is 0 Å². The Hall–Kier alpha value is -1.19. The second kappa shape index (κ2) is 5.23. The van der Waals surface area contributed by atoms with Gasteiger partial charge < -0.3 is 5.11 Å². The molecule has 84 valence electrons. The van der Waals surface area contributed by atoms with E-state index in [-0.39, 0.29) is 6.10 Å². The van der Waals surface area contributed by atoms with Crippen LogP contribution in [0, 0.1) is 6.92 Å². The van der Waals surface area contributed by atoms with Gasteiger partial charge in [0.15, 0.2) is 0 Å². The molecule has 2 rings (SSSR count). The normalized spacial score (nSPS) is 12.6. The first-order valence-corrected chi connectivity index (χ1v) is 6.20. The van der Waals surface area contributed by atoms with Gasteiger partial charge in [-0.25, -0.2) is 0 Å². The number of aliphatic hydroxyl groups excluding tert-OH is 1. The lowest BCUT2D eigenvalue weighted by Gasteiger charge is -2.07. The zero-order valence-electron chi connectivity index (χ0n) is 9.26. The van der Waals surface area contributed by atoms with E-state index in [0.29, 0.717) is 0 Å². The fourth-order valence-electron chi connectivity index (χ4n) is 1.62. The summed E-state index contributed by atoms with van der Waals surface area (Å²) < 4.78 is 0. The Morgan fingerprint density at radius 2 is 2.25 bits per heavy atom. The third-order valence-electron chi connectivity index (χ3n) is 2.52.